The van der Waals surface area contributed by atoms with Crippen molar-refractivity contribution in [3.05, 3.63) is 22.7 Å². The van der Waals surface area contributed by atoms with Crippen LogP contribution in [0.1, 0.15) is 36.8 Å². The van der Waals surface area contributed by atoms with Crippen LogP contribution in [-0.2, 0) is 4.74 Å². The SMILES string of the molecule is Cc1cnc(Cl)nc1C(=O)OC(C)(C)C. The zero-order valence-electron chi connectivity index (χ0n) is 9.17. The van der Waals surface area contributed by atoms with Gasteiger partial charge in [0.1, 0.15) is 5.60 Å². The Morgan fingerprint density at radius 2 is 2.07 bits per heavy atom. The largest absolute Gasteiger partial charge is 0.455 e. The number of carbonyl (C=O) groups excluding carboxylic acids is 1. The summed E-state index contributed by atoms with van der Waals surface area (Å²) in [4.78, 5) is 19.3. The van der Waals surface area contributed by atoms with E-state index in [0.717, 1.165) is 0 Å². The predicted molar refractivity (Wildman–Crippen MR) is 56.9 cm³/mol. The van der Waals surface area contributed by atoms with E-state index >= 15 is 0 Å². The molecule has 0 radical (unpaired) electrons. The number of hydrogen-bond acceptors (Lipinski definition) is 4. The van der Waals surface area contributed by atoms with Crippen LogP contribution < -0.4 is 0 Å². The Morgan fingerprint density at radius 1 is 1.47 bits per heavy atom. The average molecular weight is 229 g/mol. The highest BCUT2D eigenvalue weighted by atomic mass is 35.5. The normalized spacial score (nSPS) is 11.3. The van der Waals surface area contributed by atoms with Crippen molar-refractivity contribution in [2.24, 2.45) is 0 Å². The molecule has 0 unspecified atom stereocenters. The van der Waals surface area contributed by atoms with Gasteiger partial charge in [0.25, 0.3) is 0 Å². The Kier molecular flexibility index (Phi) is 3.29. The minimum Gasteiger partial charge on any atom is -0.455 e. The van der Waals surface area contributed by atoms with Crippen LogP contribution in [0.2, 0.25) is 5.28 Å². The highest BCUT2D eigenvalue weighted by Gasteiger charge is 2.20. The quantitative estimate of drug-likeness (QED) is 0.547. The van der Waals surface area contributed by atoms with Gasteiger partial charge in [0.05, 0.1) is 0 Å². The van der Waals surface area contributed by atoms with Crippen molar-refractivity contribution in [3.63, 3.8) is 0 Å². The number of aromatic nitrogens is 2. The van der Waals surface area contributed by atoms with Gasteiger partial charge in [-0.25, -0.2) is 14.8 Å². The zero-order chi connectivity index (χ0) is 11.6. The highest BCUT2D eigenvalue weighted by Crippen LogP contribution is 2.14. The molecule has 0 atom stereocenters. The smallest absolute Gasteiger partial charge is 0.357 e. The molecule has 0 spiro atoms. The van der Waals surface area contributed by atoms with Gasteiger partial charge in [-0.3, -0.25) is 0 Å². The number of ether oxygens (including phenoxy) is 1. The van der Waals surface area contributed by atoms with Crippen LogP contribution in [0.15, 0.2) is 6.20 Å². The van der Waals surface area contributed by atoms with Crippen molar-refractivity contribution >= 4 is 17.6 Å². The fraction of sp³-hybridized carbons (Fsp3) is 0.500. The number of rotatable bonds is 1. The van der Waals surface area contributed by atoms with Gasteiger partial charge in [-0.05, 0) is 39.3 Å². The summed E-state index contributed by atoms with van der Waals surface area (Å²) in [5, 5.41) is 0.0430. The lowest BCUT2D eigenvalue weighted by Gasteiger charge is -2.19. The van der Waals surface area contributed by atoms with Crippen LogP contribution in [0.3, 0.4) is 0 Å². The summed E-state index contributed by atoms with van der Waals surface area (Å²) in [6, 6.07) is 0. The van der Waals surface area contributed by atoms with E-state index in [2.05, 4.69) is 9.97 Å². The van der Waals surface area contributed by atoms with Gasteiger partial charge in [0, 0.05) is 11.8 Å². The molecular formula is C10H13ClN2O2. The number of aryl methyl sites for hydroxylation is 1. The van der Waals surface area contributed by atoms with Crippen LogP contribution in [0.4, 0.5) is 0 Å². The van der Waals surface area contributed by atoms with E-state index in [-0.39, 0.29) is 11.0 Å². The summed E-state index contributed by atoms with van der Waals surface area (Å²) in [5.41, 5.74) is 0.319. The summed E-state index contributed by atoms with van der Waals surface area (Å²) in [6.07, 6.45) is 1.49. The topological polar surface area (TPSA) is 52.1 Å². The number of halogens is 1. The molecule has 15 heavy (non-hydrogen) atoms. The molecule has 82 valence electrons. The first-order valence-corrected chi connectivity index (χ1v) is 4.90. The maximum Gasteiger partial charge on any atom is 0.357 e. The van der Waals surface area contributed by atoms with E-state index in [1.165, 1.54) is 6.20 Å². The Bertz CT molecular complexity index is 385. The molecule has 0 saturated heterocycles. The second kappa shape index (κ2) is 4.14. The van der Waals surface area contributed by atoms with Gasteiger partial charge in [0.2, 0.25) is 5.28 Å². The average Bonchev–Trinajstić information content (AvgIpc) is 2.06. The van der Waals surface area contributed by atoms with E-state index in [0.29, 0.717) is 5.56 Å². The lowest BCUT2D eigenvalue weighted by Crippen LogP contribution is -2.25. The first-order valence-electron chi connectivity index (χ1n) is 4.52. The molecule has 1 aromatic heterocycles. The fourth-order valence-electron chi connectivity index (χ4n) is 0.954. The molecular weight excluding hydrogens is 216 g/mol. The summed E-state index contributed by atoms with van der Waals surface area (Å²) < 4.78 is 5.17. The first-order chi connectivity index (χ1) is 6.79. The van der Waals surface area contributed by atoms with Crippen molar-refractivity contribution < 1.29 is 9.53 Å². The number of hydrogen-bond donors (Lipinski definition) is 0. The molecule has 0 aromatic carbocycles. The van der Waals surface area contributed by atoms with Crippen LogP contribution >= 0.6 is 11.6 Å². The molecule has 0 aliphatic rings. The van der Waals surface area contributed by atoms with Crippen LogP contribution in [-0.4, -0.2) is 21.5 Å². The van der Waals surface area contributed by atoms with Gasteiger partial charge >= 0.3 is 5.97 Å². The molecule has 0 aliphatic carbocycles. The van der Waals surface area contributed by atoms with E-state index in [9.17, 15) is 4.79 Å². The molecule has 0 aliphatic heterocycles. The Balaban J connectivity index is 2.96. The van der Waals surface area contributed by atoms with E-state index < -0.39 is 11.6 Å². The first kappa shape index (κ1) is 11.9. The fourth-order valence-corrected chi connectivity index (χ4v) is 1.09. The maximum atomic E-state index is 11.7. The minimum atomic E-state index is -0.541. The van der Waals surface area contributed by atoms with Gasteiger partial charge in [0.15, 0.2) is 5.69 Å². The van der Waals surface area contributed by atoms with Gasteiger partial charge in [-0.15, -0.1) is 0 Å². The second-order valence-corrected chi connectivity index (χ2v) is 4.51. The zero-order valence-corrected chi connectivity index (χ0v) is 9.92. The number of carbonyl (C=O) groups is 1. The van der Waals surface area contributed by atoms with Gasteiger partial charge in [-0.1, -0.05) is 0 Å². The van der Waals surface area contributed by atoms with E-state index in [1.807, 2.05) is 0 Å². The molecule has 0 saturated carbocycles. The minimum absolute atomic E-state index is 0.0430. The monoisotopic (exact) mass is 228 g/mol. The molecule has 4 nitrogen and oxygen atoms in total. The Labute approximate surface area is 93.6 Å². The molecule has 0 amide bonds. The highest BCUT2D eigenvalue weighted by molar-refractivity contribution is 6.28. The van der Waals surface area contributed by atoms with Crippen molar-refractivity contribution in [2.75, 3.05) is 0 Å². The molecule has 0 bridgehead atoms. The van der Waals surface area contributed by atoms with Crippen LogP contribution in [0.25, 0.3) is 0 Å². The third kappa shape index (κ3) is 3.47. The van der Waals surface area contributed by atoms with E-state index in [4.69, 9.17) is 16.3 Å². The van der Waals surface area contributed by atoms with Crippen molar-refractivity contribution in [1.29, 1.82) is 0 Å². The third-order valence-corrected chi connectivity index (χ3v) is 1.72. The Hall–Kier alpha value is -1.16. The Morgan fingerprint density at radius 3 is 2.60 bits per heavy atom. The third-order valence-electron chi connectivity index (χ3n) is 1.53. The second-order valence-electron chi connectivity index (χ2n) is 4.17. The molecule has 1 aromatic rings. The van der Waals surface area contributed by atoms with Crippen molar-refractivity contribution in [2.45, 2.75) is 33.3 Å². The summed E-state index contributed by atoms with van der Waals surface area (Å²) in [5.74, 6) is -0.482. The van der Waals surface area contributed by atoms with Crippen LogP contribution in [0, 0.1) is 6.92 Å². The van der Waals surface area contributed by atoms with Gasteiger partial charge < -0.3 is 4.74 Å². The molecule has 0 N–H and O–H groups in total. The van der Waals surface area contributed by atoms with Crippen molar-refractivity contribution in [3.8, 4) is 0 Å². The lowest BCUT2D eigenvalue weighted by molar-refractivity contribution is 0.00617. The molecule has 0 fully saturated rings. The number of esters is 1. The van der Waals surface area contributed by atoms with Crippen LogP contribution in [0.5, 0.6) is 0 Å². The maximum absolute atomic E-state index is 11.7. The summed E-state index contributed by atoms with van der Waals surface area (Å²) in [7, 11) is 0. The summed E-state index contributed by atoms with van der Waals surface area (Å²) in [6.45, 7) is 7.12. The molecule has 5 heteroatoms. The lowest BCUT2D eigenvalue weighted by atomic mass is 10.2. The van der Waals surface area contributed by atoms with E-state index in [1.54, 1.807) is 27.7 Å². The summed E-state index contributed by atoms with van der Waals surface area (Å²) >= 11 is 5.60. The standard InChI is InChI=1S/C10H13ClN2O2/c1-6-5-12-9(11)13-7(6)8(14)15-10(2,3)4/h5H,1-4H3. The van der Waals surface area contributed by atoms with Gasteiger partial charge in [-0.2, -0.15) is 0 Å². The molecule has 1 heterocycles. The van der Waals surface area contributed by atoms with Crippen molar-refractivity contribution in [1.82, 2.24) is 9.97 Å². The number of nitrogens with zero attached hydrogens (tertiary/aromatic N) is 2. The predicted octanol–water partition coefficient (Wildman–Crippen LogP) is 2.39. The molecule has 1 rings (SSSR count).